The maximum Gasteiger partial charge on any atom is 0.264 e. The van der Waals surface area contributed by atoms with Crippen molar-refractivity contribution in [3.05, 3.63) is 82.9 Å². The molecule has 3 rings (SSSR count). The molecule has 0 saturated heterocycles. The van der Waals surface area contributed by atoms with Crippen molar-refractivity contribution < 1.29 is 27.5 Å². The number of nitrogens with one attached hydrogen (secondary N) is 1. The van der Waals surface area contributed by atoms with Gasteiger partial charge in [-0.25, -0.2) is 8.42 Å². The summed E-state index contributed by atoms with van der Waals surface area (Å²) < 4.78 is 40.0. The summed E-state index contributed by atoms with van der Waals surface area (Å²) >= 11 is 6.11. The first-order valence-electron chi connectivity index (χ1n) is 14.1. The number of halogens is 1. The summed E-state index contributed by atoms with van der Waals surface area (Å²) in [6.07, 6.45) is 1.06. The highest BCUT2D eigenvalue weighted by Gasteiger charge is 2.34. The molecular weight excluding hydrogens is 590 g/mol. The predicted octanol–water partition coefficient (Wildman–Crippen LogP) is 5.58. The van der Waals surface area contributed by atoms with Gasteiger partial charge in [-0.2, -0.15) is 0 Å². The van der Waals surface area contributed by atoms with Crippen LogP contribution < -0.4 is 19.1 Å². The van der Waals surface area contributed by atoms with Crippen LogP contribution in [0.3, 0.4) is 0 Å². The summed E-state index contributed by atoms with van der Waals surface area (Å²) in [5, 5.41) is 3.39. The summed E-state index contributed by atoms with van der Waals surface area (Å²) in [6.45, 7) is 7.19. The Morgan fingerprint density at radius 1 is 0.930 bits per heavy atom. The number of benzene rings is 3. The standard InChI is InChI=1S/C32H40ClN3O6S/c1-7-23(4)34-32(38)28(8-2)35(20-24-12-10-9-11-22(24)3)31(37)21-36(26-15-13-25(33)14-16-26)43(39,40)27-17-18-29(41-5)30(19-27)42-6/h9-19,23,28H,7-8,20-21H2,1-6H3,(H,34,38). The number of carbonyl (C=O) groups excluding carboxylic acids is 2. The minimum atomic E-state index is -4.30. The van der Waals surface area contributed by atoms with Crippen LogP contribution in [0.25, 0.3) is 0 Å². The first-order chi connectivity index (χ1) is 20.5. The third-order valence-electron chi connectivity index (χ3n) is 7.33. The maximum absolute atomic E-state index is 14.2. The number of nitrogens with zero attached hydrogens (tertiary/aromatic N) is 2. The van der Waals surface area contributed by atoms with Gasteiger partial charge < -0.3 is 19.7 Å². The molecule has 0 radical (unpaired) electrons. The Balaban J connectivity index is 2.10. The van der Waals surface area contributed by atoms with Gasteiger partial charge in [-0.05, 0) is 74.2 Å². The zero-order valence-corrected chi connectivity index (χ0v) is 27.0. The molecule has 9 nitrogen and oxygen atoms in total. The van der Waals surface area contributed by atoms with Gasteiger partial charge in [0.2, 0.25) is 11.8 Å². The number of ether oxygens (including phenoxy) is 2. The van der Waals surface area contributed by atoms with Gasteiger partial charge in [0.25, 0.3) is 10.0 Å². The normalized spacial score (nSPS) is 12.6. The van der Waals surface area contributed by atoms with Crippen molar-refractivity contribution in [3.8, 4) is 11.5 Å². The van der Waals surface area contributed by atoms with Crippen molar-refractivity contribution in [2.75, 3.05) is 25.1 Å². The third kappa shape index (κ3) is 8.20. The number of carbonyl (C=O) groups is 2. The van der Waals surface area contributed by atoms with Gasteiger partial charge >= 0.3 is 0 Å². The summed E-state index contributed by atoms with van der Waals surface area (Å²) in [5.74, 6) is -0.244. The van der Waals surface area contributed by atoms with Crippen molar-refractivity contribution in [2.24, 2.45) is 0 Å². The second-order valence-electron chi connectivity index (χ2n) is 10.2. The molecule has 0 spiro atoms. The molecule has 3 aromatic carbocycles. The van der Waals surface area contributed by atoms with E-state index in [1.54, 1.807) is 12.1 Å². The maximum atomic E-state index is 14.2. The van der Waals surface area contributed by atoms with E-state index in [9.17, 15) is 18.0 Å². The summed E-state index contributed by atoms with van der Waals surface area (Å²) in [6, 6.07) is 17.1. The van der Waals surface area contributed by atoms with Crippen molar-refractivity contribution >= 4 is 39.1 Å². The van der Waals surface area contributed by atoms with Crippen LogP contribution in [0.1, 0.15) is 44.7 Å². The van der Waals surface area contributed by atoms with Crippen LogP contribution in [-0.2, 0) is 26.2 Å². The Kier molecular flexibility index (Phi) is 11.9. The number of sulfonamides is 1. The molecule has 0 fully saturated rings. The van der Waals surface area contributed by atoms with Crippen LogP contribution in [0, 0.1) is 6.92 Å². The number of hydrogen-bond donors (Lipinski definition) is 1. The van der Waals surface area contributed by atoms with Crippen LogP contribution in [0.5, 0.6) is 11.5 Å². The highest BCUT2D eigenvalue weighted by Crippen LogP contribution is 2.33. The van der Waals surface area contributed by atoms with Gasteiger partial charge in [0.05, 0.1) is 24.8 Å². The van der Waals surface area contributed by atoms with Gasteiger partial charge in [-0.15, -0.1) is 0 Å². The molecule has 3 aromatic rings. The SMILES string of the molecule is CCC(C)NC(=O)C(CC)N(Cc1ccccc1C)C(=O)CN(c1ccc(Cl)cc1)S(=O)(=O)c1ccc(OC)c(OC)c1. The molecule has 0 aliphatic carbocycles. The predicted molar refractivity (Wildman–Crippen MR) is 169 cm³/mol. The monoisotopic (exact) mass is 629 g/mol. The Bertz CT molecular complexity index is 1510. The molecule has 2 unspecified atom stereocenters. The van der Waals surface area contributed by atoms with Crippen LogP contribution >= 0.6 is 11.6 Å². The lowest BCUT2D eigenvalue weighted by Crippen LogP contribution is -2.53. The molecule has 2 amide bonds. The minimum absolute atomic E-state index is 0.0899. The molecule has 0 aliphatic rings. The van der Waals surface area contributed by atoms with E-state index >= 15 is 0 Å². The molecule has 43 heavy (non-hydrogen) atoms. The van der Waals surface area contributed by atoms with E-state index in [1.807, 2.05) is 52.0 Å². The zero-order chi connectivity index (χ0) is 31.7. The second-order valence-corrected chi connectivity index (χ2v) is 12.5. The average Bonchev–Trinajstić information content (AvgIpc) is 3.00. The molecule has 2 atom stereocenters. The van der Waals surface area contributed by atoms with E-state index in [0.717, 1.165) is 21.9 Å². The molecule has 232 valence electrons. The first-order valence-corrected chi connectivity index (χ1v) is 15.9. The van der Waals surface area contributed by atoms with Crippen LogP contribution in [0.4, 0.5) is 5.69 Å². The van der Waals surface area contributed by atoms with Crippen molar-refractivity contribution in [3.63, 3.8) is 0 Å². The quantitative estimate of drug-likeness (QED) is 0.250. The van der Waals surface area contributed by atoms with Crippen molar-refractivity contribution in [1.82, 2.24) is 10.2 Å². The Morgan fingerprint density at radius 3 is 2.16 bits per heavy atom. The first kappa shape index (κ1) is 33.7. The summed E-state index contributed by atoms with van der Waals surface area (Å²) in [5.41, 5.74) is 2.04. The van der Waals surface area contributed by atoms with E-state index in [1.165, 1.54) is 49.5 Å². The molecule has 11 heteroatoms. The summed E-state index contributed by atoms with van der Waals surface area (Å²) in [7, 11) is -1.44. The van der Waals surface area contributed by atoms with Gasteiger partial charge in [0.1, 0.15) is 12.6 Å². The lowest BCUT2D eigenvalue weighted by Gasteiger charge is -2.34. The van der Waals surface area contributed by atoms with E-state index < -0.39 is 28.5 Å². The fourth-order valence-corrected chi connectivity index (χ4v) is 6.13. The molecule has 0 saturated carbocycles. The highest BCUT2D eigenvalue weighted by atomic mass is 35.5. The van der Waals surface area contributed by atoms with Crippen LogP contribution in [0.15, 0.2) is 71.6 Å². The molecule has 0 aliphatic heterocycles. The zero-order valence-electron chi connectivity index (χ0n) is 25.5. The summed E-state index contributed by atoms with van der Waals surface area (Å²) in [4.78, 5) is 29.0. The molecule has 0 heterocycles. The third-order valence-corrected chi connectivity index (χ3v) is 9.35. The van der Waals surface area contributed by atoms with E-state index in [2.05, 4.69) is 5.32 Å². The van der Waals surface area contributed by atoms with E-state index in [-0.39, 0.29) is 34.8 Å². The van der Waals surface area contributed by atoms with Crippen LogP contribution in [-0.4, -0.2) is 58.0 Å². The lowest BCUT2D eigenvalue weighted by molar-refractivity contribution is -0.140. The van der Waals surface area contributed by atoms with Crippen LogP contribution in [0.2, 0.25) is 5.02 Å². The Morgan fingerprint density at radius 2 is 1.58 bits per heavy atom. The molecule has 0 bridgehead atoms. The second kappa shape index (κ2) is 15.1. The number of methoxy groups -OCH3 is 2. The number of aryl methyl sites for hydroxylation is 1. The molecule has 1 N–H and O–H groups in total. The van der Waals surface area contributed by atoms with Gasteiger partial charge in [-0.1, -0.05) is 49.7 Å². The van der Waals surface area contributed by atoms with Crippen molar-refractivity contribution in [2.45, 2.75) is 64.1 Å². The Labute approximate surface area is 259 Å². The lowest BCUT2D eigenvalue weighted by atomic mass is 10.1. The number of rotatable bonds is 14. The average molecular weight is 630 g/mol. The number of anilines is 1. The van der Waals surface area contributed by atoms with E-state index in [4.69, 9.17) is 21.1 Å². The molecule has 0 aromatic heterocycles. The highest BCUT2D eigenvalue weighted by molar-refractivity contribution is 7.92. The largest absolute Gasteiger partial charge is 0.493 e. The minimum Gasteiger partial charge on any atom is -0.493 e. The molecular formula is C32H40ClN3O6S. The van der Waals surface area contributed by atoms with E-state index in [0.29, 0.717) is 17.2 Å². The van der Waals surface area contributed by atoms with Gasteiger partial charge in [0.15, 0.2) is 11.5 Å². The number of hydrogen-bond acceptors (Lipinski definition) is 6. The topological polar surface area (TPSA) is 105 Å². The van der Waals surface area contributed by atoms with Gasteiger partial charge in [0, 0.05) is 23.7 Å². The Hall–Kier alpha value is -3.76. The fourth-order valence-electron chi connectivity index (χ4n) is 4.57. The van der Waals surface area contributed by atoms with Crippen molar-refractivity contribution in [1.29, 1.82) is 0 Å². The number of amides is 2. The smallest absolute Gasteiger partial charge is 0.264 e. The fraction of sp³-hybridized carbons (Fsp3) is 0.375. The van der Waals surface area contributed by atoms with Gasteiger partial charge in [-0.3, -0.25) is 13.9 Å².